The first-order valence-electron chi connectivity index (χ1n) is 8.92. The molecule has 0 amide bonds. The number of halogens is 1. The van der Waals surface area contributed by atoms with Gasteiger partial charge in [0.25, 0.3) is 0 Å². The van der Waals surface area contributed by atoms with Crippen molar-refractivity contribution in [3.05, 3.63) is 41.5 Å². The van der Waals surface area contributed by atoms with Crippen LogP contribution in [-0.4, -0.2) is 24.5 Å². The average molecular weight is 320 g/mol. The highest BCUT2D eigenvalue weighted by Crippen LogP contribution is 2.32. The molecule has 0 spiro atoms. The Hall–Kier alpha value is -0.790. The molecule has 2 fully saturated rings. The fraction of sp³-hybridized carbons (Fsp3) is 0.600. The summed E-state index contributed by atoms with van der Waals surface area (Å²) in [4.78, 5) is 2.68. The average Bonchev–Trinajstić information content (AvgIpc) is 2.58. The number of rotatable bonds is 4. The Morgan fingerprint density at radius 2 is 1.45 bits per heavy atom. The number of benzene rings is 1. The van der Waals surface area contributed by atoms with Gasteiger partial charge in [0.15, 0.2) is 0 Å². The third-order valence-corrected chi connectivity index (χ3v) is 5.13. The van der Waals surface area contributed by atoms with E-state index in [-0.39, 0.29) is 12.4 Å². The lowest BCUT2D eigenvalue weighted by atomic mass is 9.86. The molecule has 1 aromatic carbocycles. The number of piperidine rings is 1. The monoisotopic (exact) mass is 319 g/mol. The largest absolute Gasteiger partial charge is 0.303 e. The first-order valence-corrected chi connectivity index (χ1v) is 8.92. The van der Waals surface area contributed by atoms with Crippen molar-refractivity contribution in [1.29, 1.82) is 0 Å². The van der Waals surface area contributed by atoms with Crippen LogP contribution in [-0.2, 0) is 0 Å². The maximum Gasteiger partial charge on any atom is 0.00220 e. The summed E-state index contributed by atoms with van der Waals surface area (Å²) in [6, 6.07) is 11.1. The molecule has 1 aliphatic heterocycles. The van der Waals surface area contributed by atoms with Crippen molar-refractivity contribution < 1.29 is 0 Å². The molecule has 0 unspecified atom stereocenters. The van der Waals surface area contributed by atoms with Gasteiger partial charge in [-0.15, -0.1) is 12.4 Å². The fourth-order valence-electron chi connectivity index (χ4n) is 3.90. The van der Waals surface area contributed by atoms with Crippen LogP contribution >= 0.6 is 12.4 Å². The molecule has 1 saturated heterocycles. The van der Waals surface area contributed by atoms with E-state index < -0.39 is 0 Å². The number of allylic oxidation sites excluding steroid dienone is 1. The second-order valence-electron chi connectivity index (χ2n) is 6.66. The summed E-state index contributed by atoms with van der Waals surface area (Å²) in [7, 11) is 0. The van der Waals surface area contributed by atoms with Gasteiger partial charge in [-0.1, -0.05) is 48.7 Å². The van der Waals surface area contributed by atoms with Gasteiger partial charge in [0.05, 0.1) is 0 Å². The predicted octanol–water partition coefficient (Wildman–Crippen LogP) is 5.70. The Bertz CT molecular complexity index is 452. The molecule has 0 N–H and O–H groups in total. The van der Waals surface area contributed by atoms with E-state index in [0.29, 0.717) is 0 Å². The van der Waals surface area contributed by atoms with Gasteiger partial charge in [-0.2, -0.15) is 0 Å². The highest BCUT2D eigenvalue weighted by Gasteiger charge is 2.15. The smallest absolute Gasteiger partial charge is 0.00220 e. The summed E-state index contributed by atoms with van der Waals surface area (Å²) >= 11 is 0. The third kappa shape index (κ3) is 4.86. The molecule has 22 heavy (non-hydrogen) atoms. The van der Waals surface area contributed by atoms with Gasteiger partial charge in [0.1, 0.15) is 0 Å². The van der Waals surface area contributed by atoms with Crippen LogP contribution in [0.2, 0.25) is 0 Å². The standard InChI is InChI=1S/C20H29N.ClH/c1-4-10-18(11-5-1)20(19-12-6-2-7-13-19)14-17-21-15-8-3-9-16-21;/h1,4-5,10-11H,2-3,6-9,12-17H2;1H. The molecule has 0 radical (unpaired) electrons. The van der Waals surface area contributed by atoms with E-state index in [1.54, 1.807) is 11.1 Å². The van der Waals surface area contributed by atoms with Crippen LogP contribution in [0.5, 0.6) is 0 Å². The Balaban J connectivity index is 0.00000176. The highest BCUT2D eigenvalue weighted by atomic mass is 35.5. The zero-order valence-electron chi connectivity index (χ0n) is 13.7. The highest BCUT2D eigenvalue weighted by molar-refractivity contribution is 5.85. The molecule has 1 aromatic rings. The van der Waals surface area contributed by atoms with E-state index >= 15 is 0 Å². The fourth-order valence-corrected chi connectivity index (χ4v) is 3.90. The van der Waals surface area contributed by atoms with Crippen molar-refractivity contribution in [2.45, 2.75) is 57.8 Å². The van der Waals surface area contributed by atoms with Crippen molar-refractivity contribution in [2.75, 3.05) is 19.6 Å². The Kier molecular flexibility index (Phi) is 7.48. The van der Waals surface area contributed by atoms with Crippen LogP contribution < -0.4 is 0 Å². The zero-order valence-corrected chi connectivity index (χ0v) is 14.5. The zero-order chi connectivity index (χ0) is 14.3. The molecule has 1 aliphatic carbocycles. The van der Waals surface area contributed by atoms with E-state index in [9.17, 15) is 0 Å². The predicted molar refractivity (Wildman–Crippen MR) is 98.6 cm³/mol. The molecule has 2 aliphatic rings. The van der Waals surface area contributed by atoms with Gasteiger partial charge in [-0.25, -0.2) is 0 Å². The van der Waals surface area contributed by atoms with Crippen molar-refractivity contribution in [3.63, 3.8) is 0 Å². The van der Waals surface area contributed by atoms with Crippen LogP contribution in [0.25, 0.3) is 5.57 Å². The van der Waals surface area contributed by atoms with E-state index in [2.05, 4.69) is 35.2 Å². The van der Waals surface area contributed by atoms with E-state index in [0.717, 1.165) is 0 Å². The Labute approximate surface area is 142 Å². The minimum atomic E-state index is 0. The summed E-state index contributed by atoms with van der Waals surface area (Å²) in [5.74, 6) is 0. The summed E-state index contributed by atoms with van der Waals surface area (Å²) < 4.78 is 0. The van der Waals surface area contributed by atoms with E-state index in [1.165, 1.54) is 83.0 Å². The maximum absolute atomic E-state index is 2.68. The Morgan fingerprint density at radius 3 is 2.14 bits per heavy atom. The van der Waals surface area contributed by atoms with Gasteiger partial charge in [0.2, 0.25) is 0 Å². The van der Waals surface area contributed by atoms with Crippen molar-refractivity contribution in [1.82, 2.24) is 4.90 Å². The second kappa shape index (κ2) is 9.37. The molecule has 0 aromatic heterocycles. The van der Waals surface area contributed by atoms with Crippen LogP contribution in [0.1, 0.15) is 63.4 Å². The Morgan fingerprint density at radius 1 is 0.818 bits per heavy atom. The van der Waals surface area contributed by atoms with E-state index in [1.807, 2.05) is 0 Å². The number of hydrogen-bond acceptors (Lipinski definition) is 1. The molecule has 1 heterocycles. The molecule has 0 atom stereocenters. The summed E-state index contributed by atoms with van der Waals surface area (Å²) in [5.41, 5.74) is 4.90. The topological polar surface area (TPSA) is 3.24 Å². The van der Waals surface area contributed by atoms with Gasteiger partial charge < -0.3 is 4.90 Å². The second-order valence-corrected chi connectivity index (χ2v) is 6.66. The molecule has 122 valence electrons. The lowest BCUT2D eigenvalue weighted by molar-refractivity contribution is 0.234. The molecule has 2 heteroatoms. The maximum atomic E-state index is 2.68. The number of hydrogen-bond donors (Lipinski definition) is 0. The van der Waals surface area contributed by atoms with Crippen LogP contribution in [0.15, 0.2) is 35.9 Å². The summed E-state index contributed by atoms with van der Waals surface area (Å²) in [6.07, 6.45) is 12.4. The number of likely N-dealkylation sites (tertiary alicyclic amines) is 1. The molecule has 3 rings (SSSR count). The summed E-state index contributed by atoms with van der Waals surface area (Å²) in [5, 5.41) is 0. The molecule has 1 saturated carbocycles. The molecule has 1 nitrogen and oxygen atoms in total. The SMILES string of the molecule is Cl.c1ccc(C(CCN2CCCCC2)=C2CCCCC2)cc1. The van der Waals surface area contributed by atoms with Crippen LogP contribution in [0, 0.1) is 0 Å². The summed E-state index contributed by atoms with van der Waals surface area (Å²) in [6.45, 7) is 3.89. The lowest BCUT2D eigenvalue weighted by Crippen LogP contribution is -2.30. The van der Waals surface area contributed by atoms with Crippen molar-refractivity contribution >= 4 is 18.0 Å². The van der Waals surface area contributed by atoms with Gasteiger partial charge in [-0.05, 0) is 69.2 Å². The molecular weight excluding hydrogens is 290 g/mol. The molecule has 0 bridgehead atoms. The van der Waals surface area contributed by atoms with Crippen molar-refractivity contribution in [3.8, 4) is 0 Å². The van der Waals surface area contributed by atoms with Gasteiger partial charge >= 0.3 is 0 Å². The van der Waals surface area contributed by atoms with Gasteiger partial charge in [-0.3, -0.25) is 0 Å². The first-order chi connectivity index (χ1) is 10.4. The van der Waals surface area contributed by atoms with Crippen LogP contribution in [0.4, 0.5) is 0 Å². The first kappa shape index (κ1) is 17.6. The normalized spacial score (nSPS) is 19.5. The number of nitrogens with zero attached hydrogens (tertiary/aromatic N) is 1. The lowest BCUT2D eigenvalue weighted by Gasteiger charge is -2.28. The van der Waals surface area contributed by atoms with Crippen molar-refractivity contribution in [2.24, 2.45) is 0 Å². The van der Waals surface area contributed by atoms with Crippen LogP contribution in [0.3, 0.4) is 0 Å². The minimum absolute atomic E-state index is 0. The molecular formula is C20H30ClN. The third-order valence-electron chi connectivity index (χ3n) is 5.13. The van der Waals surface area contributed by atoms with Gasteiger partial charge in [0, 0.05) is 6.54 Å². The van der Waals surface area contributed by atoms with E-state index in [4.69, 9.17) is 0 Å². The quantitative estimate of drug-likeness (QED) is 0.687. The minimum Gasteiger partial charge on any atom is -0.303 e.